The molecular formula is C17H26N2S2. The van der Waals surface area contributed by atoms with E-state index in [0.717, 1.165) is 24.0 Å². The number of hydrogen-bond acceptors (Lipinski definition) is 2. The second-order valence-corrected chi connectivity index (χ2v) is 7.05. The van der Waals surface area contributed by atoms with E-state index in [0.29, 0.717) is 6.04 Å². The van der Waals surface area contributed by atoms with Gasteiger partial charge in [0, 0.05) is 29.8 Å². The fourth-order valence-corrected chi connectivity index (χ4v) is 3.95. The summed E-state index contributed by atoms with van der Waals surface area (Å²) in [5.74, 6) is 1.05. The molecule has 0 spiro atoms. The van der Waals surface area contributed by atoms with E-state index in [1.165, 1.54) is 37.0 Å². The zero-order valence-corrected chi connectivity index (χ0v) is 14.5. The van der Waals surface area contributed by atoms with Gasteiger partial charge in [-0.2, -0.15) is 0 Å². The molecular weight excluding hydrogens is 296 g/mol. The summed E-state index contributed by atoms with van der Waals surface area (Å²) in [4.78, 5) is 3.75. The van der Waals surface area contributed by atoms with Gasteiger partial charge in [0.15, 0.2) is 5.11 Å². The summed E-state index contributed by atoms with van der Waals surface area (Å²) in [7, 11) is 0. The van der Waals surface area contributed by atoms with Crippen molar-refractivity contribution in [2.75, 3.05) is 18.8 Å². The van der Waals surface area contributed by atoms with Crippen molar-refractivity contribution in [1.29, 1.82) is 0 Å². The third-order valence-electron chi connectivity index (χ3n) is 4.00. The number of nitrogens with zero attached hydrogens (tertiary/aromatic N) is 1. The first-order chi connectivity index (χ1) is 10.3. The van der Waals surface area contributed by atoms with E-state index in [4.69, 9.17) is 12.2 Å². The van der Waals surface area contributed by atoms with Crippen LogP contribution in [0.5, 0.6) is 0 Å². The monoisotopic (exact) mass is 322 g/mol. The molecule has 1 aromatic carbocycles. The molecule has 0 bridgehead atoms. The van der Waals surface area contributed by atoms with Crippen molar-refractivity contribution < 1.29 is 0 Å². The van der Waals surface area contributed by atoms with Crippen LogP contribution in [0.3, 0.4) is 0 Å². The number of thioether (sulfide) groups is 1. The largest absolute Gasteiger partial charge is 0.362 e. The van der Waals surface area contributed by atoms with E-state index in [2.05, 4.69) is 47.5 Å². The Morgan fingerprint density at radius 3 is 2.86 bits per heavy atom. The minimum absolute atomic E-state index is 0.634. The molecule has 1 aliphatic rings. The number of thiocarbonyl (C=S) groups is 1. The summed E-state index contributed by atoms with van der Waals surface area (Å²) < 4.78 is 0. The number of nitrogens with one attached hydrogen (secondary N) is 1. The standard InChI is InChI=1S/C17H26N2S2/c1-2-15-9-5-4-8-13-19(15)17(20)18-12-14-21-16-10-6-3-7-11-16/h3,6-7,10-11,15H,2,4-5,8-9,12-14H2,1H3,(H,18,20). The van der Waals surface area contributed by atoms with Crippen molar-refractivity contribution in [2.45, 2.75) is 50.0 Å². The van der Waals surface area contributed by atoms with Gasteiger partial charge >= 0.3 is 0 Å². The lowest BCUT2D eigenvalue weighted by Gasteiger charge is -2.32. The second kappa shape index (κ2) is 9.31. The molecule has 1 aliphatic heterocycles. The summed E-state index contributed by atoms with van der Waals surface area (Å²) in [5.41, 5.74) is 0. The smallest absolute Gasteiger partial charge is 0.169 e. The fourth-order valence-electron chi connectivity index (χ4n) is 2.81. The average Bonchev–Trinajstić information content (AvgIpc) is 2.77. The topological polar surface area (TPSA) is 15.3 Å². The highest BCUT2D eigenvalue weighted by molar-refractivity contribution is 7.99. The number of likely N-dealkylation sites (tertiary alicyclic amines) is 1. The van der Waals surface area contributed by atoms with Crippen LogP contribution < -0.4 is 5.32 Å². The van der Waals surface area contributed by atoms with Gasteiger partial charge in [-0.05, 0) is 43.6 Å². The summed E-state index contributed by atoms with van der Waals surface area (Å²) in [5, 5.41) is 4.41. The van der Waals surface area contributed by atoms with Gasteiger partial charge in [0.25, 0.3) is 0 Å². The Morgan fingerprint density at radius 1 is 1.29 bits per heavy atom. The first-order valence-corrected chi connectivity index (χ1v) is 9.43. The van der Waals surface area contributed by atoms with E-state index in [1.807, 2.05) is 11.8 Å². The Morgan fingerprint density at radius 2 is 2.10 bits per heavy atom. The Bertz CT molecular complexity index is 422. The van der Waals surface area contributed by atoms with Gasteiger partial charge in [0.2, 0.25) is 0 Å². The van der Waals surface area contributed by atoms with Crippen molar-refractivity contribution in [3.63, 3.8) is 0 Å². The molecule has 0 aliphatic carbocycles. The van der Waals surface area contributed by atoms with Crippen LogP contribution in [0.4, 0.5) is 0 Å². The van der Waals surface area contributed by atoms with Crippen molar-refractivity contribution in [3.8, 4) is 0 Å². The highest BCUT2D eigenvalue weighted by Gasteiger charge is 2.21. The summed E-state index contributed by atoms with van der Waals surface area (Å²) in [6, 6.07) is 11.2. The lowest BCUT2D eigenvalue weighted by Crippen LogP contribution is -2.46. The lowest BCUT2D eigenvalue weighted by molar-refractivity contribution is 0.303. The predicted octanol–water partition coefficient (Wildman–Crippen LogP) is 4.31. The van der Waals surface area contributed by atoms with Gasteiger partial charge in [-0.3, -0.25) is 0 Å². The third kappa shape index (κ3) is 5.51. The molecule has 2 rings (SSSR count). The minimum Gasteiger partial charge on any atom is -0.362 e. The van der Waals surface area contributed by atoms with E-state index < -0.39 is 0 Å². The maximum absolute atomic E-state index is 5.61. The summed E-state index contributed by atoms with van der Waals surface area (Å²) in [6.07, 6.45) is 6.45. The van der Waals surface area contributed by atoms with E-state index in [9.17, 15) is 0 Å². The van der Waals surface area contributed by atoms with Gasteiger partial charge in [-0.25, -0.2) is 0 Å². The molecule has 1 unspecified atom stereocenters. The molecule has 1 saturated heterocycles. The van der Waals surface area contributed by atoms with Crippen molar-refractivity contribution in [3.05, 3.63) is 30.3 Å². The van der Waals surface area contributed by atoms with Gasteiger partial charge < -0.3 is 10.2 Å². The van der Waals surface area contributed by atoms with E-state index in [1.54, 1.807) is 0 Å². The van der Waals surface area contributed by atoms with Crippen LogP contribution in [-0.4, -0.2) is 34.9 Å². The predicted molar refractivity (Wildman–Crippen MR) is 97.0 cm³/mol. The molecule has 0 amide bonds. The van der Waals surface area contributed by atoms with E-state index in [-0.39, 0.29) is 0 Å². The molecule has 1 heterocycles. The second-order valence-electron chi connectivity index (χ2n) is 5.50. The Kier molecular flexibility index (Phi) is 7.37. The van der Waals surface area contributed by atoms with Crippen molar-refractivity contribution in [2.24, 2.45) is 0 Å². The number of hydrogen-bond donors (Lipinski definition) is 1. The maximum Gasteiger partial charge on any atom is 0.169 e. The molecule has 1 aromatic rings. The number of rotatable bonds is 5. The zero-order chi connectivity index (χ0) is 14.9. The van der Waals surface area contributed by atoms with Crippen LogP contribution in [0.15, 0.2) is 35.2 Å². The van der Waals surface area contributed by atoms with Crippen LogP contribution in [0, 0.1) is 0 Å². The molecule has 2 nitrogen and oxygen atoms in total. The van der Waals surface area contributed by atoms with E-state index >= 15 is 0 Å². The van der Waals surface area contributed by atoms with Crippen LogP contribution in [0.25, 0.3) is 0 Å². The SMILES string of the molecule is CCC1CCCCCN1C(=S)NCCSc1ccccc1. The lowest BCUT2D eigenvalue weighted by atomic mass is 10.1. The first kappa shape index (κ1) is 16.6. The summed E-state index contributed by atoms with van der Waals surface area (Å²) >= 11 is 7.49. The molecule has 0 saturated carbocycles. The molecule has 1 fully saturated rings. The normalized spacial score (nSPS) is 19.1. The zero-order valence-electron chi connectivity index (χ0n) is 12.9. The van der Waals surface area contributed by atoms with Gasteiger partial charge in [0.05, 0.1) is 0 Å². The Hall–Kier alpha value is -0.740. The van der Waals surface area contributed by atoms with Crippen molar-refractivity contribution >= 4 is 29.1 Å². The van der Waals surface area contributed by atoms with Gasteiger partial charge in [-0.1, -0.05) is 38.0 Å². The molecule has 1 N–H and O–H groups in total. The Labute approximate surface area is 138 Å². The van der Waals surface area contributed by atoms with Crippen LogP contribution in [0.2, 0.25) is 0 Å². The summed E-state index contributed by atoms with van der Waals surface area (Å²) in [6.45, 7) is 4.33. The maximum atomic E-state index is 5.61. The molecule has 0 radical (unpaired) electrons. The van der Waals surface area contributed by atoms with Crippen LogP contribution in [0.1, 0.15) is 39.0 Å². The van der Waals surface area contributed by atoms with Crippen molar-refractivity contribution in [1.82, 2.24) is 10.2 Å². The molecule has 0 aromatic heterocycles. The van der Waals surface area contributed by atoms with Crippen LogP contribution >= 0.6 is 24.0 Å². The number of benzene rings is 1. The van der Waals surface area contributed by atoms with Gasteiger partial charge in [0.1, 0.15) is 0 Å². The quantitative estimate of drug-likeness (QED) is 0.493. The van der Waals surface area contributed by atoms with Crippen LogP contribution in [-0.2, 0) is 0 Å². The third-order valence-corrected chi connectivity index (χ3v) is 5.39. The first-order valence-electron chi connectivity index (χ1n) is 8.03. The minimum atomic E-state index is 0.634. The molecule has 116 valence electrons. The molecule has 1 atom stereocenters. The molecule has 21 heavy (non-hydrogen) atoms. The van der Waals surface area contributed by atoms with Gasteiger partial charge in [-0.15, -0.1) is 11.8 Å². The molecule has 4 heteroatoms. The average molecular weight is 323 g/mol. The fraction of sp³-hybridized carbons (Fsp3) is 0.588. The Balaban J connectivity index is 1.72. The highest BCUT2D eigenvalue weighted by atomic mass is 32.2. The highest BCUT2D eigenvalue weighted by Crippen LogP contribution is 2.19.